The molecule has 2 aromatic rings. The number of rotatable bonds is 3. The van der Waals surface area contributed by atoms with E-state index in [4.69, 9.17) is 4.74 Å². The van der Waals surface area contributed by atoms with E-state index in [9.17, 15) is 18.0 Å². The van der Waals surface area contributed by atoms with Crippen LogP contribution in [-0.2, 0) is 6.18 Å². The van der Waals surface area contributed by atoms with Crippen molar-refractivity contribution in [2.24, 2.45) is 0 Å². The number of halogens is 3. The molecule has 1 saturated heterocycles. The van der Waals surface area contributed by atoms with Gasteiger partial charge >= 0.3 is 12.2 Å². The Hall–Kier alpha value is -2.70. The van der Waals surface area contributed by atoms with Gasteiger partial charge in [0.25, 0.3) is 0 Å². The van der Waals surface area contributed by atoms with E-state index in [1.54, 1.807) is 12.0 Å². The maximum atomic E-state index is 12.8. The van der Waals surface area contributed by atoms with Crippen LogP contribution in [0.2, 0.25) is 0 Å². The first-order valence-corrected chi connectivity index (χ1v) is 8.24. The number of benzene rings is 2. The minimum absolute atomic E-state index is 0.137. The molecular formula is C19H19F3N2O2. The molecule has 0 unspecified atom stereocenters. The molecule has 0 aliphatic carbocycles. The number of urea groups is 1. The largest absolute Gasteiger partial charge is 0.497 e. The Kier molecular flexibility index (Phi) is 5.06. The zero-order valence-corrected chi connectivity index (χ0v) is 14.2. The number of alkyl halides is 3. The standard InChI is InChI=1S/C19H19F3N2O2/c1-26-17-7-5-13(6-8-17)14-9-10-24(12-14)18(25)23-16-4-2-3-15(11-16)19(20,21)22/h2-8,11,14H,9-10,12H2,1H3,(H,23,25)/t14-/m1/s1. The lowest BCUT2D eigenvalue weighted by molar-refractivity contribution is -0.137. The van der Waals surface area contributed by atoms with Crippen LogP contribution in [0.15, 0.2) is 48.5 Å². The Morgan fingerprint density at radius 2 is 1.92 bits per heavy atom. The third-order valence-electron chi connectivity index (χ3n) is 4.50. The smallest absolute Gasteiger partial charge is 0.416 e. The molecule has 1 aliphatic heterocycles. The average molecular weight is 364 g/mol. The Labute approximate surface area is 149 Å². The fourth-order valence-corrected chi connectivity index (χ4v) is 3.07. The van der Waals surface area contributed by atoms with Crippen LogP contribution in [-0.4, -0.2) is 31.1 Å². The number of carbonyl (C=O) groups is 1. The van der Waals surface area contributed by atoms with Gasteiger partial charge in [-0.15, -0.1) is 0 Å². The van der Waals surface area contributed by atoms with Gasteiger partial charge in [-0.2, -0.15) is 13.2 Å². The molecule has 2 amide bonds. The van der Waals surface area contributed by atoms with Gasteiger partial charge in [-0.25, -0.2) is 4.79 Å². The lowest BCUT2D eigenvalue weighted by Gasteiger charge is -2.18. The van der Waals surface area contributed by atoms with Crippen molar-refractivity contribution in [3.05, 3.63) is 59.7 Å². The quantitative estimate of drug-likeness (QED) is 0.855. The van der Waals surface area contributed by atoms with Gasteiger partial charge in [0, 0.05) is 24.7 Å². The van der Waals surface area contributed by atoms with Gasteiger partial charge < -0.3 is 15.0 Å². The number of hydrogen-bond donors (Lipinski definition) is 1. The van der Waals surface area contributed by atoms with E-state index in [1.807, 2.05) is 24.3 Å². The highest BCUT2D eigenvalue weighted by Crippen LogP contribution is 2.31. The highest BCUT2D eigenvalue weighted by atomic mass is 19.4. The maximum absolute atomic E-state index is 12.8. The summed E-state index contributed by atoms with van der Waals surface area (Å²) in [5.74, 6) is 0.971. The fourth-order valence-electron chi connectivity index (χ4n) is 3.07. The summed E-state index contributed by atoms with van der Waals surface area (Å²) in [4.78, 5) is 14.0. The van der Waals surface area contributed by atoms with Crippen LogP contribution >= 0.6 is 0 Å². The monoisotopic (exact) mass is 364 g/mol. The topological polar surface area (TPSA) is 41.6 Å². The number of anilines is 1. The first-order chi connectivity index (χ1) is 12.4. The number of likely N-dealkylation sites (tertiary alicyclic amines) is 1. The zero-order valence-electron chi connectivity index (χ0n) is 14.2. The molecule has 0 radical (unpaired) electrons. The van der Waals surface area contributed by atoms with Crippen molar-refractivity contribution in [3.8, 4) is 5.75 Å². The number of ether oxygens (including phenoxy) is 1. The molecule has 3 rings (SSSR count). The second kappa shape index (κ2) is 7.27. The highest BCUT2D eigenvalue weighted by molar-refractivity contribution is 5.89. The minimum atomic E-state index is -4.44. The molecule has 26 heavy (non-hydrogen) atoms. The van der Waals surface area contributed by atoms with Crippen molar-refractivity contribution in [2.75, 3.05) is 25.5 Å². The fraction of sp³-hybridized carbons (Fsp3) is 0.316. The molecule has 138 valence electrons. The number of hydrogen-bond acceptors (Lipinski definition) is 2. The van der Waals surface area contributed by atoms with Crippen LogP contribution in [0, 0.1) is 0 Å². The van der Waals surface area contributed by atoms with Crippen molar-refractivity contribution >= 4 is 11.7 Å². The van der Waals surface area contributed by atoms with E-state index >= 15 is 0 Å². The van der Waals surface area contributed by atoms with E-state index in [1.165, 1.54) is 12.1 Å². The average Bonchev–Trinajstić information content (AvgIpc) is 3.11. The lowest BCUT2D eigenvalue weighted by Crippen LogP contribution is -2.32. The first-order valence-electron chi connectivity index (χ1n) is 8.24. The van der Waals surface area contributed by atoms with Crippen molar-refractivity contribution < 1.29 is 22.7 Å². The molecule has 1 atom stereocenters. The predicted octanol–water partition coefficient (Wildman–Crippen LogP) is 4.74. The normalized spacial score (nSPS) is 17.2. The van der Waals surface area contributed by atoms with Gasteiger partial charge in [0.05, 0.1) is 12.7 Å². The van der Waals surface area contributed by atoms with Crippen LogP contribution in [0.5, 0.6) is 5.75 Å². The summed E-state index contributed by atoms with van der Waals surface area (Å²) in [5, 5.41) is 2.55. The van der Waals surface area contributed by atoms with Crippen molar-refractivity contribution in [2.45, 2.75) is 18.5 Å². The third-order valence-corrected chi connectivity index (χ3v) is 4.50. The molecule has 0 bridgehead atoms. The van der Waals surface area contributed by atoms with Gasteiger partial charge in [-0.05, 0) is 42.3 Å². The second-order valence-corrected chi connectivity index (χ2v) is 6.21. The van der Waals surface area contributed by atoms with E-state index in [2.05, 4.69) is 5.32 Å². The van der Waals surface area contributed by atoms with Crippen LogP contribution in [0.1, 0.15) is 23.5 Å². The Bertz CT molecular complexity index is 775. The van der Waals surface area contributed by atoms with E-state index in [0.717, 1.165) is 29.9 Å². The van der Waals surface area contributed by atoms with Gasteiger partial charge in [0.1, 0.15) is 5.75 Å². The van der Waals surface area contributed by atoms with Gasteiger partial charge in [0.15, 0.2) is 0 Å². The van der Waals surface area contributed by atoms with Crippen molar-refractivity contribution in [3.63, 3.8) is 0 Å². The molecule has 7 heteroatoms. The van der Waals surface area contributed by atoms with Gasteiger partial charge in [-0.1, -0.05) is 18.2 Å². The summed E-state index contributed by atoms with van der Waals surface area (Å²) in [6.07, 6.45) is -3.63. The molecule has 1 heterocycles. The van der Waals surface area contributed by atoms with Crippen LogP contribution < -0.4 is 10.1 Å². The van der Waals surface area contributed by atoms with E-state index < -0.39 is 11.7 Å². The summed E-state index contributed by atoms with van der Waals surface area (Å²) in [5.41, 5.74) is 0.464. The van der Waals surface area contributed by atoms with Crippen LogP contribution in [0.4, 0.5) is 23.7 Å². The predicted molar refractivity (Wildman–Crippen MR) is 92.4 cm³/mol. The number of amides is 2. The highest BCUT2D eigenvalue weighted by Gasteiger charge is 2.31. The molecule has 4 nitrogen and oxygen atoms in total. The summed E-state index contributed by atoms with van der Waals surface area (Å²) < 4.78 is 43.4. The molecule has 0 aromatic heterocycles. The minimum Gasteiger partial charge on any atom is -0.497 e. The van der Waals surface area contributed by atoms with Crippen molar-refractivity contribution in [1.82, 2.24) is 4.90 Å². The molecule has 2 aromatic carbocycles. The Balaban J connectivity index is 1.62. The molecular weight excluding hydrogens is 345 g/mol. The SMILES string of the molecule is COc1ccc([C@@H]2CCN(C(=O)Nc3cccc(C(F)(F)F)c3)C2)cc1. The third kappa shape index (κ3) is 4.09. The summed E-state index contributed by atoms with van der Waals surface area (Å²) >= 11 is 0. The maximum Gasteiger partial charge on any atom is 0.416 e. The molecule has 1 fully saturated rings. The second-order valence-electron chi connectivity index (χ2n) is 6.21. The van der Waals surface area contributed by atoms with Crippen LogP contribution in [0.3, 0.4) is 0 Å². The van der Waals surface area contributed by atoms with Crippen LogP contribution in [0.25, 0.3) is 0 Å². The van der Waals surface area contributed by atoms with Crippen molar-refractivity contribution in [1.29, 1.82) is 0 Å². The van der Waals surface area contributed by atoms with E-state index in [-0.39, 0.29) is 17.6 Å². The van der Waals surface area contributed by atoms with Gasteiger partial charge in [0.2, 0.25) is 0 Å². The summed E-state index contributed by atoms with van der Waals surface area (Å²) in [6, 6.07) is 11.9. The summed E-state index contributed by atoms with van der Waals surface area (Å²) in [7, 11) is 1.60. The summed E-state index contributed by atoms with van der Waals surface area (Å²) in [6.45, 7) is 1.08. The van der Waals surface area contributed by atoms with E-state index in [0.29, 0.717) is 13.1 Å². The Morgan fingerprint density at radius 3 is 2.58 bits per heavy atom. The number of nitrogens with one attached hydrogen (secondary N) is 1. The number of methoxy groups -OCH3 is 1. The number of carbonyl (C=O) groups excluding carboxylic acids is 1. The Morgan fingerprint density at radius 1 is 1.19 bits per heavy atom. The molecule has 1 N–H and O–H groups in total. The molecule has 0 saturated carbocycles. The molecule has 0 spiro atoms. The zero-order chi connectivity index (χ0) is 18.7. The number of nitrogens with zero attached hydrogens (tertiary/aromatic N) is 1. The lowest BCUT2D eigenvalue weighted by atomic mass is 9.98. The first kappa shape index (κ1) is 18.1. The van der Waals surface area contributed by atoms with Gasteiger partial charge in [-0.3, -0.25) is 0 Å². The molecule has 1 aliphatic rings.